The van der Waals surface area contributed by atoms with Crippen molar-refractivity contribution in [3.63, 3.8) is 0 Å². The second kappa shape index (κ2) is 10.2. The minimum atomic E-state index is -0.530. The van der Waals surface area contributed by atoms with Crippen LogP contribution >= 0.6 is 0 Å². The predicted molar refractivity (Wildman–Crippen MR) is 133 cm³/mol. The molecule has 1 aliphatic carbocycles. The van der Waals surface area contributed by atoms with E-state index in [1.54, 1.807) is 0 Å². The quantitative estimate of drug-likeness (QED) is 0.415. The van der Waals surface area contributed by atoms with Gasteiger partial charge in [0.15, 0.2) is 0 Å². The van der Waals surface area contributed by atoms with Crippen molar-refractivity contribution >= 4 is 10.8 Å². The monoisotopic (exact) mass is 431 g/mol. The number of aliphatic hydroxyl groups excluding tert-OH is 1. The molecule has 0 aromatic heterocycles. The number of ether oxygens (including phenoxy) is 1. The van der Waals surface area contributed by atoms with E-state index >= 15 is 0 Å². The van der Waals surface area contributed by atoms with Crippen LogP contribution in [-0.2, 0) is 11.2 Å². The highest BCUT2D eigenvalue weighted by molar-refractivity contribution is 5.83. The third-order valence-electron chi connectivity index (χ3n) is 6.82. The molecular formula is C29H37NO2. The van der Waals surface area contributed by atoms with Gasteiger partial charge in [-0.3, -0.25) is 0 Å². The van der Waals surface area contributed by atoms with Crippen LogP contribution in [0.5, 0.6) is 0 Å². The summed E-state index contributed by atoms with van der Waals surface area (Å²) in [5, 5.41) is 16.8. The van der Waals surface area contributed by atoms with Gasteiger partial charge in [0, 0.05) is 12.1 Å². The van der Waals surface area contributed by atoms with E-state index in [2.05, 4.69) is 92.8 Å². The van der Waals surface area contributed by atoms with E-state index in [9.17, 15) is 5.11 Å². The summed E-state index contributed by atoms with van der Waals surface area (Å²) >= 11 is 0. The number of rotatable bonds is 10. The Morgan fingerprint density at radius 2 is 1.72 bits per heavy atom. The normalized spacial score (nSPS) is 16.6. The van der Waals surface area contributed by atoms with Gasteiger partial charge in [0.2, 0.25) is 0 Å². The summed E-state index contributed by atoms with van der Waals surface area (Å²) in [6, 6.07) is 23.6. The molecule has 0 aliphatic heterocycles. The zero-order chi connectivity index (χ0) is 22.6. The van der Waals surface area contributed by atoms with Crippen LogP contribution in [-0.4, -0.2) is 29.9 Å². The average Bonchev–Trinajstić information content (AvgIpc) is 2.74. The minimum absolute atomic E-state index is 0.0882. The molecule has 0 amide bonds. The Bertz CT molecular complexity index is 1020. The molecule has 170 valence electrons. The number of nitrogens with one attached hydrogen (secondary N) is 1. The standard InChI is InChI=1S/C29H37NO2/c1-21-9-4-7-14-27(21)28(24-12-8-13-24)32-20-26(31)19-30-29(2,3)18-22-15-16-23-10-5-6-11-25(23)17-22/h4-7,9-11,14-17,24,26,28,30-31H,8,12-13,18-20H2,1-3H3/t26-,28?/m1/s1. The summed E-state index contributed by atoms with van der Waals surface area (Å²) in [5.74, 6) is 0.570. The molecule has 2 atom stereocenters. The summed E-state index contributed by atoms with van der Waals surface area (Å²) < 4.78 is 6.32. The first-order valence-corrected chi connectivity index (χ1v) is 12.0. The highest BCUT2D eigenvalue weighted by Crippen LogP contribution is 2.41. The lowest BCUT2D eigenvalue weighted by Gasteiger charge is -2.35. The van der Waals surface area contributed by atoms with E-state index in [-0.39, 0.29) is 11.6 Å². The molecule has 3 heteroatoms. The van der Waals surface area contributed by atoms with Crippen molar-refractivity contribution in [3.05, 3.63) is 83.4 Å². The number of fused-ring (bicyclic) bond motifs is 1. The molecule has 0 radical (unpaired) electrons. The Balaban J connectivity index is 1.30. The van der Waals surface area contributed by atoms with Gasteiger partial charge in [-0.25, -0.2) is 0 Å². The van der Waals surface area contributed by atoms with Gasteiger partial charge < -0.3 is 15.2 Å². The van der Waals surface area contributed by atoms with Crippen LogP contribution in [0.25, 0.3) is 10.8 Å². The fraction of sp³-hybridized carbons (Fsp3) is 0.448. The molecular weight excluding hydrogens is 394 g/mol. The molecule has 1 saturated carbocycles. The predicted octanol–water partition coefficient (Wildman–Crippen LogP) is 5.98. The summed E-state index contributed by atoms with van der Waals surface area (Å²) in [4.78, 5) is 0. The molecule has 0 saturated heterocycles. The van der Waals surface area contributed by atoms with E-state index in [0.717, 1.165) is 6.42 Å². The van der Waals surface area contributed by atoms with E-state index < -0.39 is 6.10 Å². The van der Waals surface area contributed by atoms with Gasteiger partial charge in [-0.05, 0) is 73.4 Å². The van der Waals surface area contributed by atoms with E-state index in [1.165, 1.54) is 46.7 Å². The van der Waals surface area contributed by atoms with Crippen LogP contribution in [0.3, 0.4) is 0 Å². The zero-order valence-electron chi connectivity index (χ0n) is 19.7. The maximum absolute atomic E-state index is 10.7. The van der Waals surface area contributed by atoms with Crippen LogP contribution in [0, 0.1) is 12.8 Å². The fourth-order valence-electron chi connectivity index (χ4n) is 4.72. The number of aliphatic hydroxyl groups is 1. The maximum atomic E-state index is 10.7. The van der Waals surface area contributed by atoms with Gasteiger partial charge in [0.1, 0.15) is 0 Å². The van der Waals surface area contributed by atoms with E-state index in [0.29, 0.717) is 19.1 Å². The molecule has 0 heterocycles. The fourth-order valence-corrected chi connectivity index (χ4v) is 4.72. The number of aryl methyl sites for hydroxylation is 1. The first-order chi connectivity index (χ1) is 15.4. The number of hydrogen-bond acceptors (Lipinski definition) is 3. The highest BCUT2D eigenvalue weighted by atomic mass is 16.5. The van der Waals surface area contributed by atoms with Gasteiger partial charge >= 0.3 is 0 Å². The van der Waals surface area contributed by atoms with Gasteiger partial charge in [0.25, 0.3) is 0 Å². The lowest BCUT2D eigenvalue weighted by atomic mass is 9.78. The van der Waals surface area contributed by atoms with Crippen LogP contribution in [0.1, 0.15) is 55.9 Å². The average molecular weight is 432 g/mol. The van der Waals surface area contributed by atoms with Crippen molar-refractivity contribution in [2.75, 3.05) is 13.2 Å². The maximum Gasteiger partial charge on any atom is 0.0898 e. The van der Waals surface area contributed by atoms with Crippen molar-refractivity contribution in [3.8, 4) is 0 Å². The summed E-state index contributed by atoms with van der Waals surface area (Å²) in [7, 11) is 0. The largest absolute Gasteiger partial charge is 0.389 e. The first-order valence-electron chi connectivity index (χ1n) is 12.0. The van der Waals surface area contributed by atoms with E-state index in [1.807, 2.05) is 0 Å². The first kappa shape index (κ1) is 23.0. The van der Waals surface area contributed by atoms with Gasteiger partial charge in [-0.2, -0.15) is 0 Å². The second-order valence-corrected chi connectivity index (χ2v) is 10.1. The van der Waals surface area contributed by atoms with Crippen molar-refractivity contribution in [2.45, 2.75) is 64.2 Å². The summed E-state index contributed by atoms with van der Waals surface area (Å²) in [5.41, 5.74) is 3.73. The Hall–Kier alpha value is -2.20. The molecule has 3 nitrogen and oxygen atoms in total. The Morgan fingerprint density at radius 1 is 1.00 bits per heavy atom. The lowest BCUT2D eigenvalue weighted by molar-refractivity contribution is -0.0541. The summed E-state index contributed by atoms with van der Waals surface area (Å²) in [6.45, 7) is 7.42. The van der Waals surface area contributed by atoms with E-state index in [4.69, 9.17) is 4.74 Å². The molecule has 2 N–H and O–H groups in total. The molecule has 4 rings (SSSR count). The van der Waals surface area contributed by atoms with Gasteiger partial charge in [-0.15, -0.1) is 0 Å². The summed E-state index contributed by atoms with van der Waals surface area (Å²) in [6.07, 6.45) is 4.17. The third kappa shape index (κ3) is 5.78. The van der Waals surface area contributed by atoms with Crippen LogP contribution in [0.15, 0.2) is 66.7 Å². The SMILES string of the molecule is Cc1ccccc1C(OC[C@H](O)CNC(C)(C)Cc1ccc2ccccc2c1)C1CCC1. The molecule has 3 aromatic carbocycles. The molecule has 3 aromatic rings. The smallest absolute Gasteiger partial charge is 0.0898 e. The molecule has 0 bridgehead atoms. The van der Waals surface area contributed by atoms with Crippen LogP contribution < -0.4 is 5.32 Å². The molecule has 32 heavy (non-hydrogen) atoms. The number of benzene rings is 3. The third-order valence-corrected chi connectivity index (χ3v) is 6.82. The van der Waals surface area contributed by atoms with Crippen molar-refractivity contribution < 1.29 is 9.84 Å². The number of β-amino-alcohol motifs (C(OH)–C–C–N with tert-alkyl or cyclic N) is 1. The Labute approximate surface area is 192 Å². The van der Waals surface area contributed by atoms with Crippen LogP contribution in [0.2, 0.25) is 0 Å². The molecule has 1 fully saturated rings. The molecule has 1 aliphatic rings. The van der Waals surface area contributed by atoms with Gasteiger partial charge in [0.05, 0.1) is 18.8 Å². The highest BCUT2D eigenvalue weighted by Gasteiger charge is 2.30. The van der Waals surface area contributed by atoms with Crippen molar-refractivity contribution in [1.82, 2.24) is 5.32 Å². The second-order valence-electron chi connectivity index (χ2n) is 10.1. The molecule has 1 unspecified atom stereocenters. The lowest BCUT2D eigenvalue weighted by Crippen LogP contribution is -2.46. The Morgan fingerprint density at radius 3 is 2.44 bits per heavy atom. The molecule has 0 spiro atoms. The Kier molecular flexibility index (Phi) is 7.30. The van der Waals surface area contributed by atoms with Crippen molar-refractivity contribution in [1.29, 1.82) is 0 Å². The zero-order valence-corrected chi connectivity index (χ0v) is 19.7. The van der Waals surface area contributed by atoms with Gasteiger partial charge in [-0.1, -0.05) is 73.2 Å². The topological polar surface area (TPSA) is 41.5 Å². The number of hydrogen-bond donors (Lipinski definition) is 2. The minimum Gasteiger partial charge on any atom is -0.389 e. The van der Waals surface area contributed by atoms with Crippen LogP contribution in [0.4, 0.5) is 0 Å². The van der Waals surface area contributed by atoms with Crippen molar-refractivity contribution in [2.24, 2.45) is 5.92 Å².